The predicted octanol–water partition coefficient (Wildman–Crippen LogP) is 1.57. The number of hydrogen-bond acceptors (Lipinski definition) is 2. The number of hydrogen-bond donors (Lipinski definition) is 1. The van der Waals surface area contributed by atoms with E-state index in [0.717, 1.165) is 6.07 Å². The van der Waals surface area contributed by atoms with Crippen molar-refractivity contribution in [2.24, 2.45) is 0 Å². The molecule has 0 aromatic heterocycles. The van der Waals surface area contributed by atoms with Crippen molar-refractivity contribution in [3.8, 4) is 0 Å². The molecule has 0 bridgehead atoms. The summed E-state index contributed by atoms with van der Waals surface area (Å²) in [5.74, 6) is -0.189. The van der Waals surface area contributed by atoms with Crippen LogP contribution in [0.2, 0.25) is 0 Å². The number of carbonyl (C=O) groups is 1. The first-order valence-corrected chi connectivity index (χ1v) is 5.72. The van der Waals surface area contributed by atoms with E-state index in [-0.39, 0.29) is 17.9 Å². The maximum Gasteiger partial charge on any atom is 0.416 e. The topological polar surface area (TPSA) is 32.3 Å². The van der Waals surface area contributed by atoms with Gasteiger partial charge >= 0.3 is 6.18 Å². The Balaban J connectivity index is 2.09. The van der Waals surface area contributed by atoms with Crippen LogP contribution in [0.1, 0.15) is 11.1 Å². The first kappa shape index (κ1) is 11.4. The quantitative estimate of drug-likeness (QED) is 0.764. The molecule has 96 valence electrons. The van der Waals surface area contributed by atoms with E-state index in [0.29, 0.717) is 18.8 Å². The summed E-state index contributed by atoms with van der Waals surface area (Å²) in [6.07, 6.45) is -4.23. The van der Waals surface area contributed by atoms with E-state index >= 15 is 0 Å². The third-order valence-electron chi connectivity index (χ3n) is 3.49. The molecule has 1 N–H and O–H groups in total. The molecule has 0 saturated carbocycles. The van der Waals surface area contributed by atoms with E-state index in [4.69, 9.17) is 0 Å². The van der Waals surface area contributed by atoms with Crippen LogP contribution in [0.4, 0.5) is 18.9 Å². The van der Waals surface area contributed by atoms with E-state index in [1.54, 1.807) is 11.0 Å². The average Bonchev–Trinajstić information content (AvgIpc) is 2.68. The second-order valence-electron chi connectivity index (χ2n) is 4.51. The van der Waals surface area contributed by atoms with Crippen LogP contribution in [0, 0.1) is 0 Å². The average molecular weight is 256 g/mol. The van der Waals surface area contributed by atoms with Crippen molar-refractivity contribution in [1.29, 1.82) is 0 Å². The molecule has 3 nitrogen and oxygen atoms in total. The number of rotatable bonds is 0. The van der Waals surface area contributed by atoms with Crippen LogP contribution in [0.15, 0.2) is 18.2 Å². The smallest absolute Gasteiger partial charge is 0.357 e. The van der Waals surface area contributed by atoms with Gasteiger partial charge in [-0.05, 0) is 17.7 Å². The van der Waals surface area contributed by atoms with E-state index in [1.807, 2.05) is 0 Å². The molecule has 1 atom stereocenters. The summed E-state index contributed by atoms with van der Waals surface area (Å²) in [6, 6.07) is 3.65. The Bertz CT molecular complexity index is 513. The minimum absolute atomic E-state index is 0.136. The van der Waals surface area contributed by atoms with Gasteiger partial charge in [0.1, 0.15) is 6.04 Å². The molecule has 0 aliphatic carbocycles. The van der Waals surface area contributed by atoms with E-state index in [9.17, 15) is 18.0 Å². The number of anilines is 1. The fraction of sp³-hybridized carbons (Fsp3) is 0.417. The fourth-order valence-electron chi connectivity index (χ4n) is 2.72. The molecule has 1 fully saturated rings. The lowest BCUT2D eigenvalue weighted by Gasteiger charge is -2.31. The lowest BCUT2D eigenvalue weighted by molar-refractivity contribution is -0.138. The highest BCUT2D eigenvalue weighted by molar-refractivity contribution is 5.89. The lowest BCUT2D eigenvalue weighted by Crippen LogP contribution is -2.53. The van der Waals surface area contributed by atoms with Crippen LogP contribution in [0.25, 0.3) is 0 Å². The van der Waals surface area contributed by atoms with Gasteiger partial charge in [-0.15, -0.1) is 0 Å². The highest BCUT2D eigenvalue weighted by Gasteiger charge is 2.42. The summed E-state index contributed by atoms with van der Waals surface area (Å²) >= 11 is 0. The van der Waals surface area contributed by atoms with Crippen molar-refractivity contribution in [3.63, 3.8) is 0 Å². The Morgan fingerprint density at radius 1 is 1.33 bits per heavy atom. The highest BCUT2D eigenvalue weighted by atomic mass is 19.4. The minimum Gasteiger partial charge on any atom is -0.357 e. The molecule has 6 heteroatoms. The number of nitrogens with one attached hydrogen (secondary N) is 1. The Morgan fingerprint density at radius 2 is 2.11 bits per heavy atom. The van der Waals surface area contributed by atoms with E-state index < -0.39 is 17.8 Å². The second-order valence-corrected chi connectivity index (χ2v) is 4.51. The Kier molecular flexibility index (Phi) is 2.30. The second kappa shape index (κ2) is 3.63. The number of piperazine rings is 1. The Hall–Kier alpha value is -1.72. The number of halogens is 3. The van der Waals surface area contributed by atoms with Crippen LogP contribution in [0.5, 0.6) is 0 Å². The minimum atomic E-state index is -4.36. The predicted molar refractivity (Wildman–Crippen MR) is 59.3 cm³/mol. The highest BCUT2D eigenvalue weighted by Crippen LogP contribution is 2.41. The molecular weight excluding hydrogens is 245 g/mol. The van der Waals surface area contributed by atoms with Gasteiger partial charge in [0, 0.05) is 25.2 Å². The summed E-state index contributed by atoms with van der Waals surface area (Å²) < 4.78 is 38.7. The third-order valence-corrected chi connectivity index (χ3v) is 3.49. The molecule has 18 heavy (non-hydrogen) atoms. The molecule has 1 amide bonds. The van der Waals surface area contributed by atoms with Gasteiger partial charge in [0.05, 0.1) is 5.56 Å². The molecule has 2 aliphatic rings. The number of amides is 1. The van der Waals surface area contributed by atoms with Gasteiger partial charge in [-0.1, -0.05) is 6.07 Å². The van der Waals surface area contributed by atoms with Gasteiger partial charge in [-0.25, -0.2) is 0 Å². The van der Waals surface area contributed by atoms with Crippen LogP contribution in [-0.2, 0) is 17.4 Å². The van der Waals surface area contributed by atoms with Gasteiger partial charge in [0.25, 0.3) is 0 Å². The zero-order chi connectivity index (χ0) is 12.9. The zero-order valence-electron chi connectivity index (χ0n) is 9.42. The number of fused-ring (bicyclic) bond motifs is 3. The van der Waals surface area contributed by atoms with Gasteiger partial charge < -0.3 is 10.2 Å². The van der Waals surface area contributed by atoms with Crippen LogP contribution < -0.4 is 10.2 Å². The molecule has 1 aromatic carbocycles. The van der Waals surface area contributed by atoms with E-state index in [2.05, 4.69) is 5.32 Å². The standard InChI is InChI=1S/C12H11F3N2O/c13-12(14,15)8-2-1-3-9-7(8)6-10-11(18)16-4-5-17(9)10/h1-3,10H,4-6H2,(H,16,18). The van der Waals surface area contributed by atoms with Crippen LogP contribution >= 0.6 is 0 Å². The molecular formula is C12H11F3N2O. The molecule has 0 spiro atoms. The summed E-state index contributed by atoms with van der Waals surface area (Å²) in [6.45, 7) is 1.04. The van der Waals surface area contributed by atoms with E-state index in [1.165, 1.54) is 6.07 Å². The third kappa shape index (κ3) is 1.55. The zero-order valence-corrected chi connectivity index (χ0v) is 9.42. The molecule has 0 radical (unpaired) electrons. The largest absolute Gasteiger partial charge is 0.416 e. The molecule has 1 aromatic rings. The first-order chi connectivity index (χ1) is 8.48. The normalized spacial score (nSPS) is 22.5. The first-order valence-electron chi connectivity index (χ1n) is 5.72. The van der Waals surface area contributed by atoms with Crippen molar-refractivity contribution in [3.05, 3.63) is 29.3 Å². The van der Waals surface area contributed by atoms with Crippen molar-refractivity contribution in [1.82, 2.24) is 5.32 Å². The van der Waals surface area contributed by atoms with Gasteiger partial charge in [0.2, 0.25) is 5.91 Å². The van der Waals surface area contributed by atoms with Crippen molar-refractivity contribution in [2.75, 3.05) is 18.0 Å². The van der Waals surface area contributed by atoms with Crippen molar-refractivity contribution < 1.29 is 18.0 Å². The van der Waals surface area contributed by atoms with Gasteiger partial charge in [-0.3, -0.25) is 4.79 Å². The fourth-order valence-corrected chi connectivity index (χ4v) is 2.72. The van der Waals surface area contributed by atoms with Crippen LogP contribution in [0.3, 0.4) is 0 Å². The van der Waals surface area contributed by atoms with Gasteiger partial charge in [-0.2, -0.15) is 13.2 Å². The molecule has 2 heterocycles. The number of alkyl halides is 3. The number of carbonyl (C=O) groups excluding carboxylic acids is 1. The summed E-state index contributed by atoms with van der Waals surface area (Å²) in [5.41, 5.74) is 0.166. The van der Waals surface area contributed by atoms with Crippen molar-refractivity contribution in [2.45, 2.75) is 18.6 Å². The van der Waals surface area contributed by atoms with Crippen LogP contribution in [-0.4, -0.2) is 25.0 Å². The summed E-state index contributed by atoms with van der Waals surface area (Å²) in [4.78, 5) is 13.4. The van der Waals surface area contributed by atoms with Crippen molar-refractivity contribution >= 4 is 11.6 Å². The molecule has 3 rings (SSSR count). The lowest BCUT2D eigenvalue weighted by atomic mass is 10.0. The summed E-state index contributed by atoms with van der Waals surface area (Å²) in [7, 11) is 0. The molecule has 2 aliphatic heterocycles. The monoisotopic (exact) mass is 256 g/mol. The Labute approximate surface area is 102 Å². The molecule has 1 unspecified atom stereocenters. The summed E-state index contributed by atoms with van der Waals surface area (Å²) in [5, 5.41) is 2.68. The number of benzene rings is 1. The van der Waals surface area contributed by atoms with Gasteiger partial charge in [0.15, 0.2) is 0 Å². The SMILES string of the molecule is O=C1NCCN2c3cccc(C(F)(F)F)c3CC12. The maximum absolute atomic E-state index is 12.9. The molecule has 1 saturated heterocycles. The number of nitrogens with zero attached hydrogens (tertiary/aromatic N) is 1. The Morgan fingerprint density at radius 3 is 2.83 bits per heavy atom. The maximum atomic E-state index is 12.9.